The van der Waals surface area contributed by atoms with Crippen LogP contribution in [0.4, 0.5) is 0 Å². The van der Waals surface area contributed by atoms with Gasteiger partial charge in [-0.2, -0.15) is 0 Å². The predicted molar refractivity (Wildman–Crippen MR) is 84.1 cm³/mol. The first-order valence-electron chi connectivity index (χ1n) is 8.52. The van der Waals surface area contributed by atoms with Gasteiger partial charge in [0.2, 0.25) is 0 Å². The van der Waals surface area contributed by atoms with Gasteiger partial charge in [-0.1, -0.05) is 12.8 Å². The molecular weight excluding hydrogens is 262 g/mol. The average Bonchev–Trinajstić information content (AvgIpc) is 3.20. The number of piperidine rings is 1. The number of nitrogens with zero attached hydrogens (tertiary/aromatic N) is 3. The Bertz CT molecular complexity index is 455. The summed E-state index contributed by atoms with van der Waals surface area (Å²) in [6.45, 7) is 6.94. The van der Waals surface area contributed by atoms with Gasteiger partial charge in [0, 0.05) is 37.5 Å². The predicted octanol–water partition coefficient (Wildman–Crippen LogP) is 2.46. The van der Waals surface area contributed by atoms with Crippen molar-refractivity contribution in [1.29, 1.82) is 0 Å². The summed E-state index contributed by atoms with van der Waals surface area (Å²) < 4.78 is 2.23. The van der Waals surface area contributed by atoms with Gasteiger partial charge in [0.15, 0.2) is 0 Å². The van der Waals surface area contributed by atoms with Crippen molar-refractivity contribution in [3.8, 4) is 0 Å². The third-order valence-electron chi connectivity index (χ3n) is 5.29. The van der Waals surface area contributed by atoms with Crippen molar-refractivity contribution >= 4 is 0 Å². The highest BCUT2D eigenvalue weighted by Gasteiger charge is 2.39. The van der Waals surface area contributed by atoms with E-state index in [4.69, 9.17) is 0 Å². The van der Waals surface area contributed by atoms with Gasteiger partial charge in [0.05, 0.1) is 0 Å². The fourth-order valence-corrected chi connectivity index (χ4v) is 3.90. The minimum Gasteiger partial charge on any atom is -0.396 e. The van der Waals surface area contributed by atoms with Gasteiger partial charge in [-0.15, -0.1) is 0 Å². The van der Waals surface area contributed by atoms with Crippen LogP contribution in [0.15, 0.2) is 12.4 Å². The smallest absolute Gasteiger partial charge is 0.105 e. The number of rotatable bonds is 7. The molecule has 0 amide bonds. The summed E-state index contributed by atoms with van der Waals surface area (Å²) >= 11 is 0. The molecule has 1 aromatic heterocycles. The Kier molecular flexibility index (Phi) is 4.65. The molecule has 2 fully saturated rings. The molecule has 1 aliphatic carbocycles. The lowest BCUT2D eigenvalue weighted by Crippen LogP contribution is -2.46. The van der Waals surface area contributed by atoms with Crippen molar-refractivity contribution in [3.05, 3.63) is 18.2 Å². The van der Waals surface area contributed by atoms with Crippen LogP contribution in [0.2, 0.25) is 0 Å². The molecule has 1 N–H and O–H groups in total. The van der Waals surface area contributed by atoms with E-state index in [2.05, 4.69) is 27.6 Å². The highest BCUT2D eigenvalue weighted by molar-refractivity contribution is 4.92. The van der Waals surface area contributed by atoms with E-state index in [1.54, 1.807) is 0 Å². The van der Waals surface area contributed by atoms with Crippen LogP contribution < -0.4 is 0 Å². The van der Waals surface area contributed by atoms with Crippen LogP contribution in [0.3, 0.4) is 0 Å². The molecule has 0 aromatic carbocycles. The second kappa shape index (κ2) is 6.49. The normalized spacial score (nSPS) is 27.1. The first-order chi connectivity index (χ1) is 10.2. The van der Waals surface area contributed by atoms with E-state index in [0.717, 1.165) is 31.4 Å². The standard InChI is InChI=1S/C17H29N3O/c1-15-18-7-11-20(15)10-3-9-19-8-2-6-17(13-19,14-21)12-16-4-5-16/h7,11,16,21H,2-6,8-10,12-14H2,1H3/t17-/m0/s1. The molecule has 3 rings (SSSR count). The summed E-state index contributed by atoms with van der Waals surface area (Å²) in [5.74, 6) is 2.01. The van der Waals surface area contributed by atoms with Gasteiger partial charge in [0.25, 0.3) is 0 Å². The first kappa shape index (κ1) is 15.0. The highest BCUT2D eigenvalue weighted by Crippen LogP contribution is 2.44. The second-order valence-corrected chi connectivity index (χ2v) is 7.21. The minimum absolute atomic E-state index is 0.199. The number of aliphatic hydroxyl groups excluding tert-OH is 1. The molecule has 0 spiro atoms. The van der Waals surface area contributed by atoms with Crippen LogP contribution in [0, 0.1) is 18.3 Å². The van der Waals surface area contributed by atoms with Crippen molar-refractivity contribution in [2.75, 3.05) is 26.2 Å². The lowest BCUT2D eigenvalue weighted by atomic mass is 9.76. The molecule has 1 saturated carbocycles. The number of aromatic nitrogens is 2. The molecule has 0 bridgehead atoms. The van der Waals surface area contributed by atoms with E-state index in [0.29, 0.717) is 6.61 Å². The highest BCUT2D eigenvalue weighted by atomic mass is 16.3. The van der Waals surface area contributed by atoms with Crippen LogP contribution in [0.1, 0.15) is 44.3 Å². The summed E-state index contributed by atoms with van der Waals surface area (Å²) in [5.41, 5.74) is 0.199. The van der Waals surface area contributed by atoms with Crippen molar-refractivity contribution in [1.82, 2.24) is 14.5 Å². The summed E-state index contributed by atoms with van der Waals surface area (Å²) in [6.07, 6.45) is 11.6. The second-order valence-electron chi connectivity index (χ2n) is 7.21. The number of aliphatic hydroxyl groups is 1. The SMILES string of the molecule is Cc1nccn1CCCN1CCC[C@](CO)(CC2CC2)C1. The Hall–Kier alpha value is -0.870. The Morgan fingerprint density at radius 2 is 2.24 bits per heavy atom. The van der Waals surface area contributed by atoms with Crippen molar-refractivity contribution in [2.24, 2.45) is 11.3 Å². The van der Waals surface area contributed by atoms with Crippen LogP contribution >= 0.6 is 0 Å². The summed E-state index contributed by atoms with van der Waals surface area (Å²) in [5, 5.41) is 9.91. The van der Waals surface area contributed by atoms with E-state index in [-0.39, 0.29) is 5.41 Å². The molecule has 2 heterocycles. The number of hydrogen-bond acceptors (Lipinski definition) is 3. The van der Waals surface area contributed by atoms with Crippen molar-refractivity contribution < 1.29 is 5.11 Å². The largest absolute Gasteiger partial charge is 0.396 e. The van der Waals surface area contributed by atoms with Gasteiger partial charge in [-0.25, -0.2) is 4.98 Å². The lowest BCUT2D eigenvalue weighted by Gasteiger charge is -2.42. The van der Waals surface area contributed by atoms with Crippen LogP contribution in [0.25, 0.3) is 0 Å². The molecule has 0 radical (unpaired) electrons. The molecule has 21 heavy (non-hydrogen) atoms. The first-order valence-corrected chi connectivity index (χ1v) is 8.52. The molecule has 118 valence electrons. The Morgan fingerprint density at radius 3 is 2.90 bits per heavy atom. The monoisotopic (exact) mass is 291 g/mol. The van der Waals surface area contributed by atoms with Crippen LogP contribution in [0.5, 0.6) is 0 Å². The van der Waals surface area contributed by atoms with Crippen molar-refractivity contribution in [2.45, 2.75) is 52.0 Å². The quantitative estimate of drug-likeness (QED) is 0.839. The zero-order valence-corrected chi connectivity index (χ0v) is 13.3. The van der Waals surface area contributed by atoms with Gasteiger partial charge >= 0.3 is 0 Å². The molecule has 4 heteroatoms. The van der Waals surface area contributed by atoms with Gasteiger partial charge < -0.3 is 14.6 Å². The summed E-state index contributed by atoms with van der Waals surface area (Å²) in [7, 11) is 0. The maximum Gasteiger partial charge on any atom is 0.105 e. The topological polar surface area (TPSA) is 41.3 Å². The average molecular weight is 291 g/mol. The van der Waals surface area contributed by atoms with E-state index >= 15 is 0 Å². The Balaban J connectivity index is 1.47. The van der Waals surface area contributed by atoms with Gasteiger partial charge in [0.1, 0.15) is 5.82 Å². The fourth-order valence-electron chi connectivity index (χ4n) is 3.90. The fraction of sp³-hybridized carbons (Fsp3) is 0.824. The molecule has 2 aliphatic rings. The number of hydrogen-bond donors (Lipinski definition) is 1. The zero-order valence-electron chi connectivity index (χ0n) is 13.3. The van der Waals surface area contributed by atoms with Gasteiger partial charge in [-0.3, -0.25) is 0 Å². The molecule has 1 saturated heterocycles. The number of aryl methyl sites for hydroxylation is 2. The number of imidazole rings is 1. The third-order valence-corrected chi connectivity index (χ3v) is 5.29. The van der Waals surface area contributed by atoms with Gasteiger partial charge in [-0.05, 0) is 51.6 Å². The lowest BCUT2D eigenvalue weighted by molar-refractivity contribution is 0.0205. The Morgan fingerprint density at radius 1 is 1.38 bits per heavy atom. The number of likely N-dealkylation sites (tertiary alicyclic amines) is 1. The molecule has 4 nitrogen and oxygen atoms in total. The van der Waals surface area contributed by atoms with E-state index in [1.165, 1.54) is 45.1 Å². The maximum atomic E-state index is 9.91. The van der Waals surface area contributed by atoms with E-state index in [1.807, 2.05) is 6.20 Å². The zero-order chi connectivity index (χ0) is 14.7. The third kappa shape index (κ3) is 3.86. The minimum atomic E-state index is 0.199. The van der Waals surface area contributed by atoms with Crippen molar-refractivity contribution in [3.63, 3.8) is 0 Å². The molecule has 1 aromatic rings. The molecule has 1 atom stereocenters. The maximum absolute atomic E-state index is 9.91. The Labute approximate surface area is 128 Å². The van der Waals surface area contributed by atoms with Crippen LogP contribution in [-0.4, -0.2) is 45.8 Å². The summed E-state index contributed by atoms with van der Waals surface area (Å²) in [4.78, 5) is 6.85. The van der Waals surface area contributed by atoms with Crippen LogP contribution in [-0.2, 0) is 6.54 Å². The van der Waals surface area contributed by atoms with E-state index < -0.39 is 0 Å². The summed E-state index contributed by atoms with van der Waals surface area (Å²) in [6, 6.07) is 0. The molecular formula is C17H29N3O. The molecule has 0 unspecified atom stereocenters. The van der Waals surface area contributed by atoms with E-state index in [9.17, 15) is 5.11 Å². The molecule has 1 aliphatic heterocycles.